The van der Waals surface area contributed by atoms with Crippen molar-refractivity contribution in [2.24, 2.45) is 0 Å². The quantitative estimate of drug-likeness (QED) is 0.598. The van der Waals surface area contributed by atoms with E-state index < -0.39 is 18.2 Å². The van der Waals surface area contributed by atoms with E-state index in [-0.39, 0.29) is 11.9 Å². The lowest BCUT2D eigenvalue weighted by Crippen LogP contribution is -2.31. The molecule has 2 rings (SSSR count). The van der Waals surface area contributed by atoms with Gasteiger partial charge in [0.25, 0.3) is 0 Å². The number of benzene rings is 1. The number of esters is 2. The third-order valence-corrected chi connectivity index (χ3v) is 3.53. The van der Waals surface area contributed by atoms with Crippen LogP contribution in [0.1, 0.15) is 31.7 Å². The van der Waals surface area contributed by atoms with Crippen molar-refractivity contribution in [2.75, 3.05) is 0 Å². The lowest BCUT2D eigenvalue weighted by atomic mass is 9.96. The van der Waals surface area contributed by atoms with E-state index in [2.05, 4.69) is 0 Å². The first-order valence-electron chi connectivity index (χ1n) is 7.42. The Bertz CT molecular complexity index is 574. The largest absolute Gasteiger partial charge is 0.453 e. The highest BCUT2D eigenvalue weighted by atomic mass is 16.6. The molecule has 1 aromatic rings. The number of rotatable bonds is 6. The smallest absolute Gasteiger partial charge is 0.331 e. The number of ether oxygens (including phenoxy) is 2. The minimum absolute atomic E-state index is 0.312. The van der Waals surface area contributed by atoms with Gasteiger partial charge in [-0.1, -0.05) is 43.3 Å². The van der Waals surface area contributed by atoms with Gasteiger partial charge >= 0.3 is 11.9 Å². The molecule has 1 aliphatic rings. The summed E-state index contributed by atoms with van der Waals surface area (Å²) in [6.45, 7) is 3.77. The average Bonchev–Trinajstić information content (AvgIpc) is 2.95. The van der Waals surface area contributed by atoms with Crippen molar-refractivity contribution in [1.29, 1.82) is 0 Å². The fourth-order valence-corrected chi connectivity index (χ4v) is 2.41. The standard InChI is InChI=1S/C18H20O4/c1-3-8-15(16-11-12-17(19)21-16)22-18(20)14(4-2)13-9-6-5-7-10-13/h3,5-12,14-16H,4H2,1-2H3/b8-3+/t14-,15+,16?/m1/s1. The van der Waals surface area contributed by atoms with Crippen LogP contribution >= 0.6 is 0 Å². The fourth-order valence-electron chi connectivity index (χ4n) is 2.41. The van der Waals surface area contributed by atoms with Crippen LogP contribution in [-0.2, 0) is 19.1 Å². The highest BCUT2D eigenvalue weighted by Gasteiger charge is 2.30. The lowest BCUT2D eigenvalue weighted by Gasteiger charge is -2.22. The van der Waals surface area contributed by atoms with Gasteiger partial charge in [-0.25, -0.2) is 4.79 Å². The van der Waals surface area contributed by atoms with Crippen LogP contribution in [0, 0.1) is 0 Å². The lowest BCUT2D eigenvalue weighted by molar-refractivity contribution is -0.158. The molecule has 0 aromatic heterocycles. The van der Waals surface area contributed by atoms with Gasteiger partial charge in [-0.2, -0.15) is 0 Å². The second kappa shape index (κ2) is 7.59. The van der Waals surface area contributed by atoms with E-state index in [1.807, 2.05) is 44.2 Å². The van der Waals surface area contributed by atoms with Crippen LogP contribution in [0.15, 0.2) is 54.6 Å². The molecule has 1 aromatic carbocycles. The maximum absolute atomic E-state index is 12.5. The molecule has 22 heavy (non-hydrogen) atoms. The zero-order valence-electron chi connectivity index (χ0n) is 12.8. The Balaban J connectivity index is 2.10. The SMILES string of the molecule is C/C=C/[C@H](OC(=O)[C@H](CC)c1ccccc1)C1C=CC(=O)O1. The summed E-state index contributed by atoms with van der Waals surface area (Å²) in [7, 11) is 0. The predicted octanol–water partition coefficient (Wildman–Crippen LogP) is 3.15. The molecule has 3 atom stereocenters. The zero-order chi connectivity index (χ0) is 15.9. The normalized spacial score (nSPS) is 19.9. The highest BCUT2D eigenvalue weighted by molar-refractivity contribution is 5.84. The summed E-state index contributed by atoms with van der Waals surface area (Å²) in [5.74, 6) is -1.05. The van der Waals surface area contributed by atoms with E-state index in [4.69, 9.17) is 9.47 Å². The first-order chi connectivity index (χ1) is 10.7. The molecule has 1 heterocycles. The highest BCUT2D eigenvalue weighted by Crippen LogP contribution is 2.23. The maximum atomic E-state index is 12.5. The van der Waals surface area contributed by atoms with Crippen LogP contribution in [0.5, 0.6) is 0 Å². The maximum Gasteiger partial charge on any atom is 0.331 e. The summed E-state index contributed by atoms with van der Waals surface area (Å²) < 4.78 is 10.7. The summed E-state index contributed by atoms with van der Waals surface area (Å²) in [4.78, 5) is 23.7. The topological polar surface area (TPSA) is 52.6 Å². The van der Waals surface area contributed by atoms with Crippen molar-refractivity contribution >= 4 is 11.9 Å². The molecule has 0 saturated heterocycles. The van der Waals surface area contributed by atoms with Gasteiger partial charge in [0.15, 0.2) is 12.2 Å². The van der Waals surface area contributed by atoms with Crippen molar-refractivity contribution in [3.63, 3.8) is 0 Å². The molecule has 0 saturated carbocycles. The van der Waals surface area contributed by atoms with E-state index >= 15 is 0 Å². The zero-order valence-corrected chi connectivity index (χ0v) is 12.8. The monoisotopic (exact) mass is 300 g/mol. The van der Waals surface area contributed by atoms with E-state index in [1.54, 1.807) is 18.2 Å². The number of hydrogen-bond acceptors (Lipinski definition) is 4. The Labute approximate surface area is 130 Å². The number of carbonyl (C=O) groups is 2. The molecular weight excluding hydrogens is 280 g/mol. The van der Waals surface area contributed by atoms with Gasteiger partial charge in [-0.15, -0.1) is 0 Å². The molecular formula is C18H20O4. The number of carbonyl (C=O) groups excluding carboxylic acids is 2. The van der Waals surface area contributed by atoms with Gasteiger partial charge in [0.2, 0.25) is 0 Å². The van der Waals surface area contributed by atoms with Gasteiger partial charge in [0.05, 0.1) is 5.92 Å². The van der Waals surface area contributed by atoms with Crippen LogP contribution < -0.4 is 0 Å². The molecule has 1 aliphatic heterocycles. The Kier molecular flexibility index (Phi) is 5.53. The third kappa shape index (κ3) is 3.85. The van der Waals surface area contributed by atoms with Crippen LogP contribution in [0.3, 0.4) is 0 Å². The van der Waals surface area contributed by atoms with Crippen molar-refractivity contribution < 1.29 is 19.1 Å². The number of cyclic esters (lactones) is 1. The van der Waals surface area contributed by atoms with Crippen LogP contribution in [0.25, 0.3) is 0 Å². The van der Waals surface area contributed by atoms with Crippen molar-refractivity contribution in [2.45, 2.75) is 38.4 Å². The second-order valence-corrected chi connectivity index (χ2v) is 5.06. The molecule has 0 spiro atoms. The van der Waals surface area contributed by atoms with E-state index in [9.17, 15) is 9.59 Å². The molecule has 0 aliphatic carbocycles. The molecule has 4 nitrogen and oxygen atoms in total. The second-order valence-electron chi connectivity index (χ2n) is 5.06. The summed E-state index contributed by atoms with van der Waals surface area (Å²) in [6.07, 6.45) is 5.96. The first kappa shape index (κ1) is 16.0. The molecule has 4 heteroatoms. The van der Waals surface area contributed by atoms with Gasteiger partial charge < -0.3 is 9.47 Å². The van der Waals surface area contributed by atoms with Crippen molar-refractivity contribution in [1.82, 2.24) is 0 Å². The van der Waals surface area contributed by atoms with Gasteiger partial charge in [-0.05, 0) is 31.1 Å². The van der Waals surface area contributed by atoms with E-state index in [1.165, 1.54) is 6.08 Å². The van der Waals surface area contributed by atoms with Gasteiger partial charge in [0.1, 0.15) is 0 Å². The van der Waals surface area contributed by atoms with Gasteiger partial charge in [0, 0.05) is 6.08 Å². The summed E-state index contributed by atoms with van der Waals surface area (Å²) >= 11 is 0. The van der Waals surface area contributed by atoms with E-state index in [0.717, 1.165) is 5.56 Å². The van der Waals surface area contributed by atoms with Crippen molar-refractivity contribution in [3.05, 3.63) is 60.2 Å². The molecule has 0 fully saturated rings. The summed E-state index contributed by atoms with van der Waals surface area (Å²) in [5, 5.41) is 0. The van der Waals surface area contributed by atoms with E-state index in [0.29, 0.717) is 6.42 Å². The Morgan fingerprint density at radius 2 is 2.09 bits per heavy atom. The Morgan fingerprint density at radius 3 is 2.64 bits per heavy atom. The Morgan fingerprint density at radius 1 is 1.36 bits per heavy atom. The Hall–Kier alpha value is -2.36. The molecule has 0 N–H and O–H groups in total. The van der Waals surface area contributed by atoms with Crippen LogP contribution in [-0.4, -0.2) is 24.1 Å². The third-order valence-electron chi connectivity index (χ3n) is 3.53. The number of allylic oxidation sites excluding steroid dienone is 1. The molecule has 116 valence electrons. The van der Waals surface area contributed by atoms with Crippen LogP contribution in [0.4, 0.5) is 0 Å². The molecule has 1 unspecified atom stereocenters. The van der Waals surface area contributed by atoms with Gasteiger partial charge in [-0.3, -0.25) is 4.79 Å². The summed E-state index contributed by atoms with van der Waals surface area (Å²) in [5.41, 5.74) is 0.924. The molecule has 0 amide bonds. The summed E-state index contributed by atoms with van der Waals surface area (Å²) in [6, 6.07) is 9.53. The van der Waals surface area contributed by atoms with Crippen molar-refractivity contribution in [3.8, 4) is 0 Å². The number of hydrogen-bond donors (Lipinski definition) is 0. The van der Waals surface area contributed by atoms with Crippen LogP contribution in [0.2, 0.25) is 0 Å². The minimum atomic E-state index is -0.599. The molecule has 0 radical (unpaired) electrons. The first-order valence-corrected chi connectivity index (χ1v) is 7.42. The fraction of sp³-hybridized carbons (Fsp3) is 0.333. The minimum Gasteiger partial charge on any atom is -0.453 e. The molecule has 0 bridgehead atoms. The predicted molar refractivity (Wildman–Crippen MR) is 83.2 cm³/mol. The average molecular weight is 300 g/mol.